The van der Waals surface area contributed by atoms with E-state index in [0.717, 1.165) is 31.3 Å². The molecule has 15 heavy (non-hydrogen) atoms. The molecule has 1 saturated carbocycles. The molecule has 0 radical (unpaired) electrons. The van der Waals surface area contributed by atoms with Gasteiger partial charge in [-0.3, -0.25) is 4.79 Å². The van der Waals surface area contributed by atoms with Crippen molar-refractivity contribution in [3.8, 4) is 0 Å². The highest BCUT2D eigenvalue weighted by atomic mass is 16.6. The molecule has 0 saturated heterocycles. The monoisotopic (exact) mass is 209 g/mol. The highest BCUT2D eigenvalue weighted by molar-refractivity contribution is 6.18. The minimum atomic E-state index is -0.667. The van der Waals surface area contributed by atoms with Crippen LogP contribution in [0.5, 0.6) is 0 Å². The van der Waals surface area contributed by atoms with Crippen molar-refractivity contribution in [1.82, 2.24) is 0 Å². The SMILES string of the molecule is CC1=C(C(N)=O)C(=O)OC12CCCCC2. The summed E-state index contributed by atoms with van der Waals surface area (Å²) >= 11 is 0. The largest absolute Gasteiger partial charge is 0.451 e. The van der Waals surface area contributed by atoms with Crippen LogP contribution in [0.2, 0.25) is 0 Å². The summed E-state index contributed by atoms with van der Waals surface area (Å²) in [5, 5.41) is 0. The summed E-state index contributed by atoms with van der Waals surface area (Å²) in [5.41, 5.74) is 5.46. The summed E-state index contributed by atoms with van der Waals surface area (Å²) in [6.45, 7) is 1.79. The van der Waals surface area contributed by atoms with E-state index in [1.807, 2.05) is 0 Å². The number of rotatable bonds is 1. The molecule has 0 atom stereocenters. The lowest BCUT2D eigenvalue weighted by Gasteiger charge is -2.33. The average molecular weight is 209 g/mol. The Morgan fingerprint density at radius 1 is 1.33 bits per heavy atom. The van der Waals surface area contributed by atoms with Gasteiger partial charge in [0.1, 0.15) is 11.2 Å². The van der Waals surface area contributed by atoms with Crippen LogP contribution in [-0.2, 0) is 14.3 Å². The van der Waals surface area contributed by atoms with E-state index in [9.17, 15) is 9.59 Å². The molecule has 1 fully saturated rings. The molecule has 1 aliphatic heterocycles. The maximum absolute atomic E-state index is 11.5. The van der Waals surface area contributed by atoms with Crippen molar-refractivity contribution in [3.05, 3.63) is 11.1 Å². The number of amides is 1. The Morgan fingerprint density at radius 2 is 1.93 bits per heavy atom. The zero-order valence-corrected chi connectivity index (χ0v) is 8.84. The number of carbonyl (C=O) groups excluding carboxylic acids is 2. The number of primary amides is 1. The van der Waals surface area contributed by atoms with Gasteiger partial charge in [0.25, 0.3) is 5.91 Å². The van der Waals surface area contributed by atoms with Gasteiger partial charge in [-0.15, -0.1) is 0 Å². The Bertz CT molecular complexity index is 351. The van der Waals surface area contributed by atoms with Crippen LogP contribution in [0.3, 0.4) is 0 Å². The third kappa shape index (κ3) is 1.44. The van der Waals surface area contributed by atoms with E-state index in [1.165, 1.54) is 6.42 Å². The van der Waals surface area contributed by atoms with Gasteiger partial charge in [-0.25, -0.2) is 4.79 Å². The number of nitrogens with two attached hydrogens (primary N) is 1. The van der Waals surface area contributed by atoms with Crippen molar-refractivity contribution in [2.75, 3.05) is 0 Å². The lowest BCUT2D eigenvalue weighted by atomic mass is 9.79. The molecule has 0 aromatic rings. The molecule has 1 aliphatic carbocycles. The van der Waals surface area contributed by atoms with Gasteiger partial charge in [-0.2, -0.15) is 0 Å². The molecule has 2 rings (SSSR count). The predicted octanol–water partition coefficient (Wildman–Crippen LogP) is 1.05. The number of esters is 1. The first-order valence-electron chi connectivity index (χ1n) is 5.31. The minimum absolute atomic E-state index is 0.0666. The highest BCUT2D eigenvalue weighted by Crippen LogP contribution is 2.43. The molecule has 4 nitrogen and oxygen atoms in total. The number of hydrogen-bond donors (Lipinski definition) is 1. The Kier molecular flexibility index (Phi) is 2.29. The normalized spacial score (nSPS) is 24.5. The Morgan fingerprint density at radius 3 is 2.40 bits per heavy atom. The van der Waals surface area contributed by atoms with Crippen LogP contribution in [0.4, 0.5) is 0 Å². The zero-order chi connectivity index (χ0) is 11.1. The van der Waals surface area contributed by atoms with Crippen LogP contribution in [0.15, 0.2) is 11.1 Å². The van der Waals surface area contributed by atoms with Gasteiger partial charge in [-0.05, 0) is 38.2 Å². The molecular weight excluding hydrogens is 194 g/mol. The van der Waals surface area contributed by atoms with Crippen LogP contribution >= 0.6 is 0 Å². The number of ether oxygens (including phenoxy) is 1. The van der Waals surface area contributed by atoms with E-state index in [1.54, 1.807) is 6.92 Å². The minimum Gasteiger partial charge on any atom is -0.451 e. The van der Waals surface area contributed by atoms with Crippen molar-refractivity contribution < 1.29 is 14.3 Å². The summed E-state index contributed by atoms with van der Waals surface area (Å²) in [5.74, 6) is -1.21. The van der Waals surface area contributed by atoms with Gasteiger partial charge >= 0.3 is 5.97 Å². The molecule has 2 aliphatic rings. The molecule has 0 aromatic carbocycles. The van der Waals surface area contributed by atoms with Crippen molar-refractivity contribution in [2.24, 2.45) is 5.73 Å². The Labute approximate surface area is 88.5 Å². The summed E-state index contributed by atoms with van der Waals surface area (Å²) < 4.78 is 5.36. The summed E-state index contributed by atoms with van der Waals surface area (Å²) in [6.07, 6.45) is 4.88. The Hall–Kier alpha value is -1.32. The zero-order valence-electron chi connectivity index (χ0n) is 8.84. The van der Waals surface area contributed by atoms with Crippen LogP contribution in [-0.4, -0.2) is 17.5 Å². The average Bonchev–Trinajstić information content (AvgIpc) is 2.40. The molecule has 4 heteroatoms. The standard InChI is InChI=1S/C11H15NO3/c1-7-8(9(12)13)10(14)15-11(7)5-3-2-4-6-11/h2-6H2,1H3,(H2,12,13). The van der Waals surface area contributed by atoms with E-state index in [4.69, 9.17) is 10.5 Å². The molecule has 0 unspecified atom stereocenters. The number of carbonyl (C=O) groups is 2. The summed E-state index contributed by atoms with van der Waals surface area (Å²) in [6, 6.07) is 0. The topological polar surface area (TPSA) is 69.4 Å². The summed E-state index contributed by atoms with van der Waals surface area (Å²) in [7, 11) is 0. The van der Waals surface area contributed by atoms with Gasteiger partial charge in [0.15, 0.2) is 0 Å². The fourth-order valence-electron chi connectivity index (χ4n) is 2.57. The van der Waals surface area contributed by atoms with Crippen molar-refractivity contribution in [1.29, 1.82) is 0 Å². The van der Waals surface area contributed by atoms with Gasteiger partial charge < -0.3 is 10.5 Å². The van der Waals surface area contributed by atoms with Gasteiger partial charge in [-0.1, -0.05) is 6.42 Å². The first-order valence-corrected chi connectivity index (χ1v) is 5.31. The van der Waals surface area contributed by atoms with E-state index in [2.05, 4.69) is 0 Å². The van der Waals surface area contributed by atoms with E-state index < -0.39 is 17.5 Å². The second-order valence-corrected chi connectivity index (χ2v) is 4.31. The van der Waals surface area contributed by atoms with Crippen LogP contribution in [0, 0.1) is 0 Å². The fourth-order valence-corrected chi connectivity index (χ4v) is 2.57. The maximum Gasteiger partial charge on any atom is 0.344 e. The van der Waals surface area contributed by atoms with Gasteiger partial charge in [0.05, 0.1) is 0 Å². The molecule has 0 aromatic heterocycles. The van der Waals surface area contributed by atoms with E-state index in [0.29, 0.717) is 0 Å². The molecule has 0 bridgehead atoms. The second-order valence-electron chi connectivity index (χ2n) is 4.31. The van der Waals surface area contributed by atoms with Gasteiger partial charge in [0, 0.05) is 0 Å². The van der Waals surface area contributed by atoms with Crippen LogP contribution in [0.25, 0.3) is 0 Å². The Balaban J connectivity index is 2.38. The highest BCUT2D eigenvalue weighted by Gasteiger charge is 2.47. The quantitative estimate of drug-likeness (QED) is 0.518. The van der Waals surface area contributed by atoms with Gasteiger partial charge in [0.2, 0.25) is 0 Å². The third-order valence-electron chi connectivity index (χ3n) is 3.46. The third-order valence-corrected chi connectivity index (χ3v) is 3.46. The van der Waals surface area contributed by atoms with E-state index in [-0.39, 0.29) is 5.57 Å². The lowest BCUT2D eigenvalue weighted by molar-refractivity contribution is -0.149. The first kappa shape index (κ1) is 10.2. The molecule has 2 N–H and O–H groups in total. The van der Waals surface area contributed by atoms with Crippen LogP contribution < -0.4 is 5.73 Å². The number of hydrogen-bond acceptors (Lipinski definition) is 3. The van der Waals surface area contributed by atoms with Crippen molar-refractivity contribution >= 4 is 11.9 Å². The predicted molar refractivity (Wildman–Crippen MR) is 53.8 cm³/mol. The molecule has 1 amide bonds. The maximum atomic E-state index is 11.5. The molecule has 82 valence electrons. The van der Waals surface area contributed by atoms with Crippen molar-refractivity contribution in [2.45, 2.75) is 44.6 Å². The second kappa shape index (κ2) is 3.36. The molecule has 1 spiro atoms. The lowest BCUT2D eigenvalue weighted by Crippen LogP contribution is -2.33. The fraction of sp³-hybridized carbons (Fsp3) is 0.636. The van der Waals surface area contributed by atoms with E-state index >= 15 is 0 Å². The smallest absolute Gasteiger partial charge is 0.344 e. The van der Waals surface area contributed by atoms with Crippen molar-refractivity contribution in [3.63, 3.8) is 0 Å². The summed E-state index contributed by atoms with van der Waals surface area (Å²) in [4.78, 5) is 22.6. The molecular formula is C11H15NO3. The molecule has 1 heterocycles. The van der Waals surface area contributed by atoms with Crippen LogP contribution in [0.1, 0.15) is 39.0 Å². The first-order chi connectivity index (χ1) is 7.07.